The number of aromatic nitrogens is 2. The van der Waals surface area contributed by atoms with Crippen LogP contribution in [0.15, 0.2) is 72.8 Å². The molecular weight excluding hydrogens is 396 g/mol. The van der Waals surface area contributed by atoms with Gasteiger partial charge in [-0.25, -0.2) is 4.98 Å². The number of nitrogens with zero attached hydrogens (tertiary/aromatic N) is 2. The van der Waals surface area contributed by atoms with Gasteiger partial charge in [-0.15, -0.1) is 0 Å². The highest BCUT2D eigenvalue weighted by atomic mass is 35.5. The zero-order chi connectivity index (χ0) is 20.8. The van der Waals surface area contributed by atoms with Gasteiger partial charge in [0.15, 0.2) is 0 Å². The maximum absolute atomic E-state index is 6.22. The molecule has 0 aliphatic carbocycles. The van der Waals surface area contributed by atoms with Crippen molar-refractivity contribution in [3.8, 4) is 11.5 Å². The lowest BCUT2D eigenvalue weighted by Gasteiger charge is -2.12. The second-order valence-corrected chi connectivity index (χ2v) is 7.66. The first-order chi connectivity index (χ1) is 14.7. The van der Waals surface area contributed by atoms with Crippen LogP contribution in [0.1, 0.15) is 24.2 Å². The Hall–Kier alpha value is -2.98. The Morgan fingerprint density at radius 2 is 1.63 bits per heavy atom. The van der Waals surface area contributed by atoms with Crippen LogP contribution < -0.4 is 9.47 Å². The summed E-state index contributed by atoms with van der Waals surface area (Å²) in [5.74, 6) is 2.49. The quantitative estimate of drug-likeness (QED) is 0.292. The molecule has 0 amide bonds. The number of para-hydroxylation sites is 3. The first-order valence-corrected chi connectivity index (χ1v) is 10.6. The summed E-state index contributed by atoms with van der Waals surface area (Å²) in [5, 5.41) is 0.605. The predicted molar refractivity (Wildman–Crippen MR) is 121 cm³/mol. The van der Waals surface area contributed by atoms with E-state index in [-0.39, 0.29) is 0 Å². The number of rotatable bonds is 9. The Morgan fingerprint density at radius 3 is 2.47 bits per heavy atom. The van der Waals surface area contributed by atoms with Crippen LogP contribution in [0.2, 0.25) is 5.02 Å². The Labute approximate surface area is 182 Å². The van der Waals surface area contributed by atoms with E-state index in [4.69, 9.17) is 26.1 Å². The molecule has 0 saturated heterocycles. The molecule has 1 heterocycles. The van der Waals surface area contributed by atoms with Crippen molar-refractivity contribution >= 4 is 22.6 Å². The molecule has 154 valence electrons. The van der Waals surface area contributed by atoms with Gasteiger partial charge in [0.25, 0.3) is 0 Å². The highest BCUT2D eigenvalue weighted by molar-refractivity contribution is 6.32. The van der Waals surface area contributed by atoms with Crippen molar-refractivity contribution in [2.24, 2.45) is 0 Å². The van der Waals surface area contributed by atoms with E-state index in [2.05, 4.69) is 29.7 Å². The zero-order valence-corrected chi connectivity index (χ0v) is 17.8. The molecule has 30 heavy (non-hydrogen) atoms. The first kappa shape index (κ1) is 20.3. The third-order valence-corrected chi connectivity index (χ3v) is 5.31. The summed E-state index contributed by atoms with van der Waals surface area (Å²) in [5.41, 5.74) is 3.33. The van der Waals surface area contributed by atoms with E-state index in [1.165, 1.54) is 5.56 Å². The van der Waals surface area contributed by atoms with E-state index in [0.29, 0.717) is 24.0 Å². The molecule has 0 aliphatic rings. The van der Waals surface area contributed by atoms with Gasteiger partial charge >= 0.3 is 0 Å². The molecule has 0 N–H and O–H groups in total. The lowest BCUT2D eigenvalue weighted by Crippen LogP contribution is -2.09. The largest absolute Gasteiger partial charge is 0.494 e. The number of benzene rings is 3. The number of aryl methyl sites for hydroxylation is 2. The average Bonchev–Trinajstić information content (AvgIpc) is 3.12. The molecule has 0 spiro atoms. The third-order valence-electron chi connectivity index (χ3n) is 4.99. The molecule has 0 fully saturated rings. The van der Waals surface area contributed by atoms with E-state index in [9.17, 15) is 0 Å². The van der Waals surface area contributed by atoms with Crippen LogP contribution in [-0.2, 0) is 13.2 Å². The van der Waals surface area contributed by atoms with Crippen molar-refractivity contribution in [1.29, 1.82) is 0 Å². The van der Waals surface area contributed by atoms with Crippen LogP contribution >= 0.6 is 11.6 Å². The predicted octanol–water partition coefficient (Wildman–Crippen LogP) is 6.44. The Morgan fingerprint density at radius 1 is 0.867 bits per heavy atom. The Balaban J connectivity index is 1.38. The average molecular weight is 421 g/mol. The van der Waals surface area contributed by atoms with Crippen LogP contribution in [0.4, 0.5) is 0 Å². The molecule has 4 aromatic rings. The summed E-state index contributed by atoms with van der Waals surface area (Å²) in [4.78, 5) is 4.78. The second kappa shape index (κ2) is 9.68. The van der Waals surface area contributed by atoms with E-state index in [1.54, 1.807) is 0 Å². The fourth-order valence-electron chi connectivity index (χ4n) is 3.39. The van der Waals surface area contributed by atoms with Gasteiger partial charge in [-0.05, 0) is 56.2 Å². The summed E-state index contributed by atoms with van der Waals surface area (Å²) in [7, 11) is 0. The summed E-state index contributed by atoms with van der Waals surface area (Å²) in [6.07, 6.45) is 1.95. The third kappa shape index (κ3) is 4.95. The van der Waals surface area contributed by atoms with E-state index >= 15 is 0 Å². The monoisotopic (exact) mass is 420 g/mol. The molecule has 4 nitrogen and oxygen atoms in total. The number of unbranched alkanes of at least 4 members (excludes halogenated alkanes) is 1. The van der Waals surface area contributed by atoms with Crippen molar-refractivity contribution in [2.45, 2.75) is 32.9 Å². The molecule has 0 aliphatic heterocycles. The van der Waals surface area contributed by atoms with Crippen LogP contribution in [0.25, 0.3) is 11.0 Å². The van der Waals surface area contributed by atoms with Gasteiger partial charge in [0.05, 0.1) is 22.7 Å². The second-order valence-electron chi connectivity index (χ2n) is 7.26. The van der Waals surface area contributed by atoms with Gasteiger partial charge in [-0.2, -0.15) is 0 Å². The smallest absolute Gasteiger partial charge is 0.147 e. The van der Waals surface area contributed by atoms with Gasteiger partial charge in [0.2, 0.25) is 0 Å². The minimum absolute atomic E-state index is 0.373. The molecule has 0 bridgehead atoms. The van der Waals surface area contributed by atoms with E-state index in [0.717, 1.165) is 42.0 Å². The highest BCUT2D eigenvalue weighted by Crippen LogP contribution is 2.25. The van der Waals surface area contributed by atoms with Gasteiger partial charge in [0.1, 0.15) is 23.9 Å². The lowest BCUT2D eigenvalue weighted by atomic mass is 10.2. The lowest BCUT2D eigenvalue weighted by molar-refractivity contribution is 0.285. The van der Waals surface area contributed by atoms with Crippen molar-refractivity contribution in [3.63, 3.8) is 0 Å². The highest BCUT2D eigenvalue weighted by Gasteiger charge is 2.11. The molecule has 4 rings (SSSR count). The number of hydrogen-bond acceptors (Lipinski definition) is 3. The van der Waals surface area contributed by atoms with Crippen molar-refractivity contribution in [3.05, 3.63) is 89.2 Å². The van der Waals surface area contributed by atoms with E-state index < -0.39 is 0 Å². The van der Waals surface area contributed by atoms with Crippen molar-refractivity contribution in [2.75, 3.05) is 6.61 Å². The topological polar surface area (TPSA) is 36.3 Å². The summed E-state index contributed by atoms with van der Waals surface area (Å²) < 4.78 is 14.0. The number of fused-ring (bicyclic) bond motifs is 1. The van der Waals surface area contributed by atoms with Crippen LogP contribution in [0.3, 0.4) is 0 Å². The molecule has 1 aromatic heterocycles. The number of imidazole rings is 1. The molecular formula is C25H25ClN2O2. The molecule has 0 radical (unpaired) electrons. The van der Waals surface area contributed by atoms with Crippen molar-refractivity contribution in [1.82, 2.24) is 9.55 Å². The van der Waals surface area contributed by atoms with Crippen molar-refractivity contribution < 1.29 is 9.47 Å². The normalized spacial score (nSPS) is 11.0. The fourth-order valence-corrected chi connectivity index (χ4v) is 3.58. The van der Waals surface area contributed by atoms with Crippen LogP contribution in [0.5, 0.6) is 11.5 Å². The minimum atomic E-state index is 0.373. The molecule has 3 aromatic carbocycles. The maximum atomic E-state index is 6.22. The molecule has 5 heteroatoms. The summed E-state index contributed by atoms with van der Waals surface area (Å²) in [6.45, 7) is 4.00. The van der Waals surface area contributed by atoms with Crippen LogP contribution in [0, 0.1) is 6.92 Å². The fraction of sp³-hybridized carbons (Fsp3) is 0.240. The zero-order valence-electron chi connectivity index (χ0n) is 17.1. The maximum Gasteiger partial charge on any atom is 0.147 e. The molecule has 0 saturated carbocycles. The number of hydrogen-bond donors (Lipinski definition) is 0. The van der Waals surface area contributed by atoms with Gasteiger partial charge in [0, 0.05) is 6.54 Å². The van der Waals surface area contributed by atoms with Gasteiger partial charge in [-0.1, -0.05) is 53.6 Å². The molecule has 0 atom stereocenters. The molecule has 0 unspecified atom stereocenters. The Kier molecular flexibility index (Phi) is 6.55. The Bertz CT molecular complexity index is 1110. The summed E-state index contributed by atoms with van der Waals surface area (Å²) in [6, 6.07) is 23.9. The minimum Gasteiger partial charge on any atom is -0.494 e. The standard InChI is InChI=1S/C25H25ClN2O2/c1-19-12-14-20(15-13-19)29-17-7-6-16-28-23-10-4-3-9-22(23)27-25(28)18-30-24-11-5-2-8-21(24)26/h2-5,8-15H,6-7,16-18H2,1H3. The first-order valence-electron chi connectivity index (χ1n) is 10.2. The van der Waals surface area contributed by atoms with Gasteiger partial charge in [-0.3, -0.25) is 0 Å². The van der Waals surface area contributed by atoms with Crippen LogP contribution in [-0.4, -0.2) is 16.2 Å². The van der Waals surface area contributed by atoms with E-state index in [1.807, 2.05) is 54.6 Å². The summed E-state index contributed by atoms with van der Waals surface area (Å²) >= 11 is 6.22. The SMILES string of the molecule is Cc1ccc(OCCCCn2c(COc3ccccc3Cl)nc3ccccc32)cc1. The van der Waals surface area contributed by atoms with Gasteiger partial charge < -0.3 is 14.0 Å². The number of ether oxygens (including phenoxy) is 2. The number of halogens is 1.